The molecule has 1 N–H and O–H groups in total. The Morgan fingerprint density at radius 3 is 2.63 bits per heavy atom. The highest BCUT2D eigenvalue weighted by atomic mass is 16.1. The van der Waals surface area contributed by atoms with Crippen LogP contribution in [-0.4, -0.2) is 22.4 Å². The molecule has 2 aromatic rings. The number of carbonyl (C=O) groups is 1. The molecule has 4 heteroatoms. The SMILES string of the molecule is Cc1cnc(C(=O)NCCCc2ccccc2)cn1. The van der Waals surface area contributed by atoms with E-state index in [1.807, 2.05) is 25.1 Å². The molecule has 1 aromatic carbocycles. The molecule has 98 valence electrons. The summed E-state index contributed by atoms with van der Waals surface area (Å²) >= 11 is 0. The Kier molecular flexibility index (Phi) is 4.61. The van der Waals surface area contributed by atoms with E-state index in [1.54, 1.807) is 6.20 Å². The fraction of sp³-hybridized carbons (Fsp3) is 0.267. The normalized spacial score (nSPS) is 10.2. The van der Waals surface area contributed by atoms with E-state index >= 15 is 0 Å². The first-order chi connectivity index (χ1) is 9.25. The molecule has 0 fully saturated rings. The van der Waals surface area contributed by atoms with Crippen LogP contribution >= 0.6 is 0 Å². The lowest BCUT2D eigenvalue weighted by molar-refractivity contribution is 0.0948. The maximum Gasteiger partial charge on any atom is 0.271 e. The summed E-state index contributed by atoms with van der Waals surface area (Å²) in [6.07, 6.45) is 4.97. The van der Waals surface area contributed by atoms with E-state index in [1.165, 1.54) is 11.8 Å². The first-order valence-electron chi connectivity index (χ1n) is 6.36. The molecule has 0 saturated carbocycles. The molecule has 0 aliphatic heterocycles. The van der Waals surface area contributed by atoms with Crippen molar-refractivity contribution in [1.82, 2.24) is 15.3 Å². The average Bonchev–Trinajstić information content (AvgIpc) is 2.45. The number of aromatic nitrogens is 2. The molecule has 0 atom stereocenters. The summed E-state index contributed by atoms with van der Waals surface area (Å²) in [4.78, 5) is 19.8. The van der Waals surface area contributed by atoms with Gasteiger partial charge < -0.3 is 5.32 Å². The number of benzene rings is 1. The van der Waals surface area contributed by atoms with Gasteiger partial charge in [-0.3, -0.25) is 9.78 Å². The van der Waals surface area contributed by atoms with Gasteiger partial charge in [0.1, 0.15) is 5.69 Å². The quantitative estimate of drug-likeness (QED) is 0.833. The van der Waals surface area contributed by atoms with Crippen LogP contribution < -0.4 is 5.32 Å². The zero-order valence-corrected chi connectivity index (χ0v) is 11.0. The number of amides is 1. The molecule has 0 aliphatic rings. The van der Waals surface area contributed by atoms with Crippen LogP contribution in [0.15, 0.2) is 42.7 Å². The summed E-state index contributed by atoms with van der Waals surface area (Å²) in [7, 11) is 0. The second kappa shape index (κ2) is 6.64. The van der Waals surface area contributed by atoms with E-state index in [4.69, 9.17) is 0 Å². The van der Waals surface area contributed by atoms with Gasteiger partial charge in [0.05, 0.1) is 11.9 Å². The Labute approximate surface area is 112 Å². The minimum Gasteiger partial charge on any atom is -0.351 e. The highest BCUT2D eigenvalue weighted by Crippen LogP contribution is 2.01. The topological polar surface area (TPSA) is 54.9 Å². The van der Waals surface area contributed by atoms with Crippen LogP contribution in [0.1, 0.15) is 28.2 Å². The second-order valence-electron chi connectivity index (χ2n) is 4.39. The lowest BCUT2D eigenvalue weighted by Gasteiger charge is -2.04. The summed E-state index contributed by atoms with van der Waals surface area (Å²) in [6, 6.07) is 10.2. The van der Waals surface area contributed by atoms with Gasteiger partial charge in [-0.25, -0.2) is 4.98 Å². The largest absolute Gasteiger partial charge is 0.351 e. The van der Waals surface area contributed by atoms with Crippen LogP contribution in [0.25, 0.3) is 0 Å². The van der Waals surface area contributed by atoms with Gasteiger partial charge in [-0.2, -0.15) is 0 Å². The monoisotopic (exact) mass is 255 g/mol. The van der Waals surface area contributed by atoms with Crippen molar-refractivity contribution in [2.45, 2.75) is 19.8 Å². The highest BCUT2D eigenvalue weighted by Gasteiger charge is 2.06. The minimum absolute atomic E-state index is 0.166. The summed E-state index contributed by atoms with van der Waals surface area (Å²) in [5.41, 5.74) is 2.46. The zero-order chi connectivity index (χ0) is 13.5. The van der Waals surface area contributed by atoms with Crippen LogP contribution in [0.3, 0.4) is 0 Å². The van der Waals surface area contributed by atoms with Gasteiger partial charge >= 0.3 is 0 Å². The van der Waals surface area contributed by atoms with Crippen molar-refractivity contribution in [1.29, 1.82) is 0 Å². The minimum atomic E-state index is -0.166. The van der Waals surface area contributed by atoms with E-state index in [0.29, 0.717) is 12.2 Å². The number of carbonyl (C=O) groups excluding carboxylic acids is 1. The molecule has 2 rings (SSSR count). The van der Waals surface area contributed by atoms with Crippen molar-refractivity contribution in [3.05, 3.63) is 59.7 Å². The predicted octanol–water partition coefficient (Wildman–Crippen LogP) is 2.15. The molecule has 0 radical (unpaired) electrons. The number of hydrogen-bond acceptors (Lipinski definition) is 3. The summed E-state index contributed by atoms with van der Waals surface area (Å²) in [5, 5.41) is 2.85. The van der Waals surface area contributed by atoms with Crippen molar-refractivity contribution in [3.63, 3.8) is 0 Å². The number of nitrogens with zero attached hydrogens (tertiary/aromatic N) is 2. The lowest BCUT2D eigenvalue weighted by Crippen LogP contribution is -2.25. The van der Waals surface area contributed by atoms with Crippen molar-refractivity contribution in [2.24, 2.45) is 0 Å². The third kappa shape index (κ3) is 4.17. The third-order valence-corrected chi connectivity index (χ3v) is 2.78. The van der Waals surface area contributed by atoms with E-state index in [9.17, 15) is 4.79 Å². The van der Waals surface area contributed by atoms with Gasteiger partial charge in [0.25, 0.3) is 5.91 Å². The zero-order valence-electron chi connectivity index (χ0n) is 11.0. The van der Waals surface area contributed by atoms with E-state index < -0.39 is 0 Å². The highest BCUT2D eigenvalue weighted by molar-refractivity contribution is 5.91. The fourth-order valence-corrected chi connectivity index (χ4v) is 1.74. The second-order valence-corrected chi connectivity index (χ2v) is 4.39. The first kappa shape index (κ1) is 13.2. The lowest BCUT2D eigenvalue weighted by atomic mass is 10.1. The Morgan fingerprint density at radius 1 is 1.16 bits per heavy atom. The molecule has 0 saturated heterocycles. The third-order valence-electron chi connectivity index (χ3n) is 2.78. The molecule has 4 nitrogen and oxygen atoms in total. The molecular formula is C15H17N3O. The molecule has 0 unspecified atom stereocenters. The fourth-order valence-electron chi connectivity index (χ4n) is 1.74. The summed E-state index contributed by atoms with van der Waals surface area (Å²) in [6.45, 7) is 2.48. The molecular weight excluding hydrogens is 238 g/mol. The van der Waals surface area contributed by atoms with Crippen LogP contribution in [0, 0.1) is 6.92 Å². The maximum atomic E-state index is 11.8. The molecule has 1 amide bonds. The smallest absolute Gasteiger partial charge is 0.271 e. The number of nitrogens with one attached hydrogen (secondary N) is 1. The summed E-state index contributed by atoms with van der Waals surface area (Å²) < 4.78 is 0. The molecule has 19 heavy (non-hydrogen) atoms. The Hall–Kier alpha value is -2.23. The standard InChI is InChI=1S/C15H17N3O/c1-12-10-18-14(11-17-12)15(19)16-9-5-8-13-6-3-2-4-7-13/h2-4,6-7,10-11H,5,8-9H2,1H3,(H,16,19). The number of hydrogen-bond donors (Lipinski definition) is 1. The van der Waals surface area contributed by atoms with Gasteiger partial charge in [0.2, 0.25) is 0 Å². The Bertz CT molecular complexity index is 523. The van der Waals surface area contributed by atoms with Crippen LogP contribution in [0.5, 0.6) is 0 Å². The van der Waals surface area contributed by atoms with Gasteiger partial charge in [-0.1, -0.05) is 30.3 Å². The van der Waals surface area contributed by atoms with Crippen molar-refractivity contribution >= 4 is 5.91 Å². The number of aryl methyl sites for hydroxylation is 2. The van der Waals surface area contributed by atoms with Gasteiger partial charge in [-0.05, 0) is 25.3 Å². The predicted molar refractivity (Wildman–Crippen MR) is 73.9 cm³/mol. The van der Waals surface area contributed by atoms with Gasteiger partial charge in [0, 0.05) is 12.7 Å². The molecule has 0 spiro atoms. The average molecular weight is 255 g/mol. The number of rotatable bonds is 5. The van der Waals surface area contributed by atoms with Crippen LogP contribution in [0.2, 0.25) is 0 Å². The Balaban J connectivity index is 1.74. The molecule has 0 aliphatic carbocycles. The molecule has 1 aromatic heterocycles. The Morgan fingerprint density at radius 2 is 1.95 bits per heavy atom. The molecule has 1 heterocycles. The molecule has 0 bridgehead atoms. The van der Waals surface area contributed by atoms with E-state index in [0.717, 1.165) is 18.5 Å². The van der Waals surface area contributed by atoms with Gasteiger partial charge in [-0.15, -0.1) is 0 Å². The van der Waals surface area contributed by atoms with Crippen molar-refractivity contribution in [3.8, 4) is 0 Å². The van der Waals surface area contributed by atoms with Crippen molar-refractivity contribution in [2.75, 3.05) is 6.54 Å². The van der Waals surface area contributed by atoms with Crippen molar-refractivity contribution < 1.29 is 4.79 Å². The maximum absolute atomic E-state index is 11.8. The van der Waals surface area contributed by atoms with Gasteiger partial charge in [0.15, 0.2) is 0 Å². The summed E-state index contributed by atoms with van der Waals surface area (Å²) in [5.74, 6) is -0.166. The van der Waals surface area contributed by atoms with Crippen LogP contribution in [-0.2, 0) is 6.42 Å². The van der Waals surface area contributed by atoms with E-state index in [2.05, 4.69) is 27.4 Å². The van der Waals surface area contributed by atoms with Crippen LogP contribution in [0.4, 0.5) is 0 Å². The van der Waals surface area contributed by atoms with E-state index in [-0.39, 0.29) is 5.91 Å². The first-order valence-corrected chi connectivity index (χ1v) is 6.36.